The van der Waals surface area contributed by atoms with Gasteiger partial charge in [-0.3, -0.25) is 0 Å². The van der Waals surface area contributed by atoms with Gasteiger partial charge in [0.1, 0.15) is 11.6 Å². The van der Waals surface area contributed by atoms with E-state index in [4.69, 9.17) is 0 Å². The van der Waals surface area contributed by atoms with Gasteiger partial charge in [0.15, 0.2) is 0 Å². The Hall–Kier alpha value is -1.43. The first-order chi connectivity index (χ1) is 7.22. The minimum atomic E-state index is -2.81. The Labute approximate surface area is 86.7 Å². The van der Waals surface area contributed by atoms with Gasteiger partial charge < -0.3 is 15.4 Å². The molecule has 0 saturated heterocycles. The number of alkyl halides is 2. The Morgan fingerprint density at radius 2 is 2.20 bits per heavy atom. The van der Waals surface area contributed by atoms with Gasteiger partial charge in [-0.2, -0.15) is 8.78 Å². The number of pyridine rings is 1. The zero-order chi connectivity index (χ0) is 11.1. The summed E-state index contributed by atoms with van der Waals surface area (Å²) in [5.41, 5.74) is 0. The van der Waals surface area contributed by atoms with E-state index in [2.05, 4.69) is 20.4 Å². The molecule has 6 heteroatoms. The van der Waals surface area contributed by atoms with Gasteiger partial charge in [-0.25, -0.2) is 4.98 Å². The van der Waals surface area contributed by atoms with Crippen molar-refractivity contribution in [3.8, 4) is 5.75 Å². The van der Waals surface area contributed by atoms with E-state index in [1.165, 1.54) is 12.3 Å². The highest BCUT2D eigenvalue weighted by molar-refractivity contribution is 5.37. The Bertz CT molecular complexity index is 279. The average Bonchev–Trinajstić information content (AvgIpc) is 2.20. The molecule has 0 aliphatic carbocycles. The van der Waals surface area contributed by atoms with Crippen LogP contribution in [0.3, 0.4) is 0 Å². The Balaban J connectivity index is 2.42. The summed E-state index contributed by atoms with van der Waals surface area (Å²) in [5.74, 6) is 0.691. The van der Waals surface area contributed by atoms with E-state index in [9.17, 15) is 8.78 Å². The van der Waals surface area contributed by atoms with E-state index in [0.717, 1.165) is 13.1 Å². The molecule has 0 bridgehead atoms. The summed E-state index contributed by atoms with van der Waals surface area (Å²) in [6, 6.07) is 3.04. The van der Waals surface area contributed by atoms with E-state index in [-0.39, 0.29) is 5.75 Å². The molecule has 0 aromatic carbocycles. The maximum absolute atomic E-state index is 11.8. The van der Waals surface area contributed by atoms with Gasteiger partial charge >= 0.3 is 6.61 Å². The average molecular weight is 217 g/mol. The summed E-state index contributed by atoms with van der Waals surface area (Å²) in [4.78, 5) is 3.91. The van der Waals surface area contributed by atoms with Crippen LogP contribution in [0.2, 0.25) is 0 Å². The first-order valence-corrected chi connectivity index (χ1v) is 4.51. The number of hydrogen-bond acceptors (Lipinski definition) is 4. The molecule has 0 saturated carbocycles. The van der Waals surface area contributed by atoms with Gasteiger partial charge in [-0.15, -0.1) is 0 Å². The molecule has 0 aliphatic rings. The molecule has 0 atom stereocenters. The van der Waals surface area contributed by atoms with Gasteiger partial charge in [0.05, 0.1) is 6.20 Å². The van der Waals surface area contributed by atoms with Gasteiger partial charge in [-0.05, 0) is 19.2 Å². The Morgan fingerprint density at radius 3 is 2.73 bits per heavy atom. The van der Waals surface area contributed by atoms with E-state index in [1.54, 1.807) is 6.07 Å². The molecular formula is C9H13F2N3O. The second-order valence-corrected chi connectivity index (χ2v) is 2.79. The number of likely N-dealkylation sites (N-methyl/N-ethyl adjacent to an activating group) is 1. The molecule has 1 aromatic rings. The van der Waals surface area contributed by atoms with Gasteiger partial charge in [0, 0.05) is 13.1 Å². The van der Waals surface area contributed by atoms with Crippen molar-refractivity contribution in [1.82, 2.24) is 10.3 Å². The molecule has 0 radical (unpaired) electrons. The van der Waals surface area contributed by atoms with E-state index in [0.29, 0.717) is 5.82 Å². The zero-order valence-electron chi connectivity index (χ0n) is 8.34. The van der Waals surface area contributed by atoms with Crippen molar-refractivity contribution in [2.45, 2.75) is 6.61 Å². The number of nitrogens with zero attached hydrogens (tertiary/aromatic N) is 1. The molecule has 1 heterocycles. The molecular weight excluding hydrogens is 204 g/mol. The molecule has 15 heavy (non-hydrogen) atoms. The maximum atomic E-state index is 11.8. The summed E-state index contributed by atoms with van der Waals surface area (Å²) in [7, 11) is 1.84. The Morgan fingerprint density at radius 1 is 1.40 bits per heavy atom. The molecule has 0 unspecified atom stereocenters. The number of nitrogens with one attached hydrogen (secondary N) is 2. The predicted molar refractivity (Wildman–Crippen MR) is 53.3 cm³/mol. The topological polar surface area (TPSA) is 46.2 Å². The summed E-state index contributed by atoms with van der Waals surface area (Å²) < 4.78 is 27.8. The van der Waals surface area contributed by atoms with Crippen molar-refractivity contribution in [3.63, 3.8) is 0 Å². The third-order valence-electron chi connectivity index (χ3n) is 1.64. The first-order valence-electron chi connectivity index (χ1n) is 4.51. The molecule has 1 rings (SSSR count). The molecule has 2 N–H and O–H groups in total. The molecule has 4 nitrogen and oxygen atoms in total. The number of anilines is 1. The normalized spacial score (nSPS) is 10.4. The SMILES string of the molecule is CNCCNc1ccc(OC(F)F)cn1. The molecule has 1 aromatic heterocycles. The standard InChI is InChI=1S/C9H13F2N3O/c1-12-4-5-13-8-3-2-7(6-14-8)15-9(10)11/h2-3,6,9,12H,4-5H2,1H3,(H,13,14). The van der Waals surface area contributed by atoms with Crippen LogP contribution < -0.4 is 15.4 Å². The number of aromatic nitrogens is 1. The highest BCUT2D eigenvalue weighted by atomic mass is 19.3. The van der Waals surface area contributed by atoms with Gasteiger partial charge in [0.2, 0.25) is 0 Å². The van der Waals surface area contributed by atoms with Crippen LogP contribution in [0.15, 0.2) is 18.3 Å². The van der Waals surface area contributed by atoms with Crippen LogP contribution in [0, 0.1) is 0 Å². The summed E-state index contributed by atoms with van der Waals surface area (Å²) >= 11 is 0. The van der Waals surface area contributed by atoms with Crippen LogP contribution in [0.4, 0.5) is 14.6 Å². The van der Waals surface area contributed by atoms with Crippen molar-refractivity contribution in [1.29, 1.82) is 0 Å². The smallest absolute Gasteiger partial charge is 0.387 e. The lowest BCUT2D eigenvalue weighted by atomic mass is 10.4. The van der Waals surface area contributed by atoms with Gasteiger partial charge in [0.25, 0.3) is 0 Å². The van der Waals surface area contributed by atoms with Crippen LogP contribution in [0.1, 0.15) is 0 Å². The summed E-state index contributed by atoms with van der Waals surface area (Å²) in [6.07, 6.45) is 1.26. The number of halogens is 2. The maximum Gasteiger partial charge on any atom is 0.387 e. The van der Waals surface area contributed by atoms with Crippen molar-refractivity contribution in [2.24, 2.45) is 0 Å². The van der Waals surface area contributed by atoms with E-state index < -0.39 is 6.61 Å². The molecule has 0 amide bonds. The van der Waals surface area contributed by atoms with Crippen molar-refractivity contribution >= 4 is 5.82 Å². The van der Waals surface area contributed by atoms with Crippen LogP contribution in [0.5, 0.6) is 5.75 Å². The third kappa shape index (κ3) is 4.55. The molecule has 0 aliphatic heterocycles. The van der Waals surface area contributed by atoms with Crippen LogP contribution in [-0.2, 0) is 0 Å². The monoisotopic (exact) mass is 217 g/mol. The third-order valence-corrected chi connectivity index (χ3v) is 1.64. The molecule has 0 spiro atoms. The lowest BCUT2D eigenvalue weighted by Crippen LogP contribution is -2.18. The van der Waals surface area contributed by atoms with Crippen LogP contribution in [0.25, 0.3) is 0 Å². The van der Waals surface area contributed by atoms with Crippen LogP contribution >= 0.6 is 0 Å². The Kier molecular flexibility index (Phi) is 4.76. The number of rotatable bonds is 6. The van der Waals surface area contributed by atoms with E-state index >= 15 is 0 Å². The van der Waals surface area contributed by atoms with Crippen LogP contribution in [-0.4, -0.2) is 31.7 Å². The second-order valence-electron chi connectivity index (χ2n) is 2.79. The fourth-order valence-corrected chi connectivity index (χ4v) is 0.973. The first kappa shape index (κ1) is 11.6. The second kappa shape index (κ2) is 6.13. The van der Waals surface area contributed by atoms with Crippen molar-refractivity contribution < 1.29 is 13.5 Å². The zero-order valence-corrected chi connectivity index (χ0v) is 8.34. The fraction of sp³-hybridized carbons (Fsp3) is 0.444. The quantitative estimate of drug-likeness (QED) is 0.705. The fourth-order valence-electron chi connectivity index (χ4n) is 0.973. The van der Waals surface area contributed by atoms with E-state index in [1.807, 2.05) is 7.05 Å². The number of ether oxygens (including phenoxy) is 1. The highest BCUT2D eigenvalue weighted by Crippen LogP contribution is 2.14. The summed E-state index contributed by atoms with van der Waals surface area (Å²) in [6.45, 7) is -1.29. The molecule has 84 valence electrons. The lowest BCUT2D eigenvalue weighted by Gasteiger charge is -2.06. The molecule has 0 fully saturated rings. The minimum Gasteiger partial charge on any atom is -0.433 e. The van der Waals surface area contributed by atoms with Gasteiger partial charge in [-0.1, -0.05) is 0 Å². The lowest BCUT2D eigenvalue weighted by molar-refractivity contribution is -0.0500. The largest absolute Gasteiger partial charge is 0.433 e. The minimum absolute atomic E-state index is 0.0594. The highest BCUT2D eigenvalue weighted by Gasteiger charge is 2.03. The summed E-state index contributed by atoms with van der Waals surface area (Å²) in [5, 5.41) is 5.97. The van der Waals surface area contributed by atoms with Crippen molar-refractivity contribution in [2.75, 3.05) is 25.5 Å². The number of hydrogen-bond donors (Lipinski definition) is 2. The predicted octanol–water partition coefficient (Wildman–Crippen LogP) is 1.31. The van der Waals surface area contributed by atoms with Crippen molar-refractivity contribution in [3.05, 3.63) is 18.3 Å².